The van der Waals surface area contributed by atoms with Gasteiger partial charge in [0.2, 0.25) is 0 Å². The zero-order chi connectivity index (χ0) is 11.4. The zero-order valence-electron chi connectivity index (χ0n) is 9.47. The van der Waals surface area contributed by atoms with E-state index in [9.17, 15) is 0 Å². The summed E-state index contributed by atoms with van der Waals surface area (Å²) in [7, 11) is 1.66. The number of ether oxygens (including phenoxy) is 1. The summed E-state index contributed by atoms with van der Waals surface area (Å²) in [5, 5.41) is 4.23. The molecule has 0 saturated carbocycles. The molecule has 0 unspecified atom stereocenters. The third-order valence-electron chi connectivity index (χ3n) is 2.34. The molecular weight excluding hydrogens is 259 g/mol. The maximum Gasteiger partial charge on any atom is 0.118 e. The highest BCUT2D eigenvalue weighted by molar-refractivity contribution is 6.17. The first-order valence-corrected chi connectivity index (χ1v) is 5.55. The summed E-state index contributed by atoms with van der Waals surface area (Å²) in [5.74, 6) is 1.37. The van der Waals surface area contributed by atoms with Crippen LogP contribution in [0, 0.1) is 0 Å². The van der Waals surface area contributed by atoms with Gasteiger partial charge in [-0.3, -0.25) is 4.68 Å². The molecule has 5 heteroatoms. The SMILES string of the molecule is COc1ccc(Cn2cc(CCl)cn2)cc1.Cl. The van der Waals surface area contributed by atoms with E-state index in [-0.39, 0.29) is 12.4 Å². The van der Waals surface area contributed by atoms with E-state index < -0.39 is 0 Å². The third kappa shape index (κ3) is 3.65. The van der Waals surface area contributed by atoms with Crippen LogP contribution < -0.4 is 4.74 Å². The van der Waals surface area contributed by atoms with E-state index in [0.29, 0.717) is 5.88 Å². The van der Waals surface area contributed by atoms with Gasteiger partial charge in [-0.25, -0.2) is 0 Å². The number of methoxy groups -OCH3 is 1. The summed E-state index contributed by atoms with van der Waals surface area (Å²) in [6.07, 6.45) is 3.74. The van der Waals surface area contributed by atoms with E-state index in [1.807, 2.05) is 35.1 Å². The molecule has 0 aliphatic carbocycles. The quantitative estimate of drug-likeness (QED) is 0.800. The molecule has 0 aliphatic rings. The summed E-state index contributed by atoms with van der Waals surface area (Å²) in [4.78, 5) is 0. The van der Waals surface area contributed by atoms with Crippen molar-refractivity contribution in [1.29, 1.82) is 0 Å². The van der Waals surface area contributed by atoms with Gasteiger partial charge in [-0.2, -0.15) is 5.10 Å². The van der Waals surface area contributed by atoms with Crippen LogP contribution >= 0.6 is 24.0 Å². The molecule has 17 heavy (non-hydrogen) atoms. The highest BCUT2D eigenvalue weighted by Crippen LogP contribution is 2.12. The first-order valence-electron chi connectivity index (χ1n) is 5.02. The van der Waals surface area contributed by atoms with Crippen LogP contribution in [0.25, 0.3) is 0 Å². The molecule has 2 rings (SSSR count). The summed E-state index contributed by atoms with van der Waals surface area (Å²) in [6.45, 7) is 0.751. The van der Waals surface area contributed by atoms with Crippen LogP contribution in [0.15, 0.2) is 36.7 Å². The average molecular weight is 273 g/mol. The van der Waals surface area contributed by atoms with Crippen molar-refractivity contribution in [2.24, 2.45) is 0 Å². The van der Waals surface area contributed by atoms with E-state index in [1.165, 1.54) is 5.56 Å². The summed E-state index contributed by atoms with van der Waals surface area (Å²) in [5.41, 5.74) is 2.22. The van der Waals surface area contributed by atoms with Crippen molar-refractivity contribution in [3.8, 4) is 5.75 Å². The lowest BCUT2D eigenvalue weighted by Crippen LogP contribution is -1.99. The molecule has 0 fully saturated rings. The van der Waals surface area contributed by atoms with Crippen LogP contribution in [-0.4, -0.2) is 16.9 Å². The fourth-order valence-corrected chi connectivity index (χ4v) is 1.62. The zero-order valence-corrected chi connectivity index (χ0v) is 11.0. The Hall–Kier alpha value is -1.19. The van der Waals surface area contributed by atoms with Crippen molar-refractivity contribution in [3.63, 3.8) is 0 Å². The number of alkyl halides is 1. The molecule has 2 aromatic rings. The van der Waals surface area contributed by atoms with E-state index in [4.69, 9.17) is 16.3 Å². The monoisotopic (exact) mass is 272 g/mol. The Labute approximate surface area is 112 Å². The third-order valence-corrected chi connectivity index (χ3v) is 2.65. The van der Waals surface area contributed by atoms with E-state index in [2.05, 4.69) is 5.10 Å². The van der Waals surface area contributed by atoms with Crippen LogP contribution in [0.4, 0.5) is 0 Å². The van der Waals surface area contributed by atoms with Gasteiger partial charge in [0.1, 0.15) is 5.75 Å². The maximum absolute atomic E-state index is 5.71. The molecule has 0 spiro atoms. The fraction of sp³-hybridized carbons (Fsp3) is 0.250. The van der Waals surface area contributed by atoms with Gasteiger partial charge in [0.25, 0.3) is 0 Å². The lowest BCUT2D eigenvalue weighted by Gasteiger charge is -2.03. The Morgan fingerprint density at radius 1 is 1.24 bits per heavy atom. The molecule has 0 radical (unpaired) electrons. The van der Waals surface area contributed by atoms with Gasteiger partial charge in [0.05, 0.1) is 25.7 Å². The van der Waals surface area contributed by atoms with Crippen molar-refractivity contribution in [1.82, 2.24) is 9.78 Å². The van der Waals surface area contributed by atoms with Gasteiger partial charge >= 0.3 is 0 Å². The number of hydrogen-bond donors (Lipinski definition) is 0. The topological polar surface area (TPSA) is 27.1 Å². The van der Waals surface area contributed by atoms with E-state index >= 15 is 0 Å². The van der Waals surface area contributed by atoms with Crippen molar-refractivity contribution in [2.75, 3.05) is 7.11 Å². The van der Waals surface area contributed by atoms with Crippen molar-refractivity contribution < 1.29 is 4.74 Å². The second kappa shape index (κ2) is 6.52. The lowest BCUT2D eigenvalue weighted by atomic mass is 10.2. The maximum atomic E-state index is 5.71. The minimum absolute atomic E-state index is 0. The average Bonchev–Trinajstić information content (AvgIpc) is 2.78. The minimum Gasteiger partial charge on any atom is -0.497 e. The smallest absolute Gasteiger partial charge is 0.118 e. The Morgan fingerprint density at radius 3 is 2.47 bits per heavy atom. The van der Waals surface area contributed by atoms with Crippen molar-refractivity contribution in [2.45, 2.75) is 12.4 Å². The van der Waals surface area contributed by atoms with E-state index in [1.54, 1.807) is 13.3 Å². The van der Waals surface area contributed by atoms with Crippen LogP contribution in [0.5, 0.6) is 5.75 Å². The minimum atomic E-state index is 0. The largest absolute Gasteiger partial charge is 0.497 e. The normalized spacial score (nSPS) is 9.76. The number of halogens is 2. The summed E-state index contributed by atoms with van der Waals surface area (Å²) < 4.78 is 6.98. The molecule has 0 N–H and O–H groups in total. The first-order chi connectivity index (χ1) is 7.81. The second-order valence-corrected chi connectivity index (χ2v) is 3.80. The van der Waals surface area contributed by atoms with Crippen molar-refractivity contribution in [3.05, 3.63) is 47.8 Å². The molecule has 0 aliphatic heterocycles. The molecule has 0 atom stereocenters. The molecule has 1 aromatic heterocycles. The highest BCUT2D eigenvalue weighted by Gasteiger charge is 1.99. The predicted molar refractivity (Wildman–Crippen MR) is 71.1 cm³/mol. The molecular formula is C12H14Cl2N2O. The van der Waals surface area contributed by atoms with Gasteiger partial charge < -0.3 is 4.74 Å². The Balaban J connectivity index is 0.00000144. The number of benzene rings is 1. The Kier molecular flexibility index (Phi) is 5.32. The number of rotatable bonds is 4. The lowest BCUT2D eigenvalue weighted by molar-refractivity contribution is 0.414. The fourth-order valence-electron chi connectivity index (χ4n) is 1.48. The molecule has 0 saturated heterocycles. The molecule has 1 heterocycles. The van der Waals surface area contributed by atoms with Gasteiger partial charge in [-0.1, -0.05) is 12.1 Å². The Morgan fingerprint density at radius 2 is 1.94 bits per heavy atom. The van der Waals surface area contributed by atoms with Gasteiger partial charge in [0.15, 0.2) is 0 Å². The second-order valence-electron chi connectivity index (χ2n) is 3.53. The number of aromatic nitrogens is 2. The molecule has 3 nitrogen and oxygen atoms in total. The first kappa shape index (κ1) is 13.9. The number of nitrogens with zero attached hydrogens (tertiary/aromatic N) is 2. The highest BCUT2D eigenvalue weighted by atomic mass is 35.5. The summed E-state index contributed by atoms with van der Waals surface area (Å²) in [6, 6.07) is 7.95. The summed E-state index contributed by atoms with van der Waals surface area (Å²) >= 11 is 5.71. The predicted octanol–water partition coefficient (Wildman–Crippen LogP) is 3.10. The standard InChI is InChI=1S/C12H13ClN2O.ClH/c1-16-12-4-2-10(3-5-12)8-15-9-11(6-13)7-14-15;/h2-5,7,9H,6,8H2,1H3;1H. The van der Waals surface area contributed by atoms with Gasteiger partial charge in [-0.15, -0.1) is 24.0 Å². The van der Waals surface area contributed by atoms with Gasteiger partial charge in [-0.05, 0) is 17.7 Å². The van der Waals surface area contributed by atoms with Crippen LogP contribution in [0.2, 0.25) is 0 Å². The van der Waals surface area contributed by atoms with Crippen LogP contribution in [0.1, 0.15) is 11.1 Å². The van der Waals surface area contributed by atoms with Gasteiger partial charge in [0, 0.05) is 11.8 Å². The van der Waals surface area contributed by atoms with Crippen LogP contribution in [0.3, 0.4) is 0 Å². The molecule has 92 valence electrons. The molecule has 0 bridgehead atoms. The van der Waals surface area contributed by atoms with Crippen molar-refractivity contribution >= 4 is 24.0 Å². The van der Waals surface area contributed by atoms with Crippen LogP contribution in [-0.2, 0) is 12.4 Å². The molecule has 0 amide bonds. The van der Waals surface area contributed by atoms with E-state index in [0.717, 1.165) is 17.9 Å². The molecule has 1 aromatic carbocycles. The Bertz CT molecular complexity index is 454. The number of hydrogen-bond acceptors (Lipinski definition) is 2.